The van der Waals surface area contributed by atoms with Crippen LogP contribution in [0, 0.1) is 12.7 Å². The number of fused-ring (bicyclic) bond motifs is 2. The fraction of sp³-hybridized carbons (Fsp3) is 0.591. The van der Waals surface area contributed by atoms with Crippen LogP contribution in [0.2, 0.25) is 0 Å². The van der Waals surface area contributed by atoms with Gasteiger partial charge in [-0.2, -0.15) is 0 Å². The molecule has 0 atom stereocenters. The first-order valence-electron chi connectivity index (χ1n) is 11.4. The number of piperidine rings is 1. The molecule has 3 aliphatic rings. The standard InChI is InChI=1S/C22H28FN5O4S2/c1-13-16-19(22(27(2)20(16)29)6-10-32-11-7-22)33-18(13)17-15(23)12-24-21(26-17)25-14-4-8-28(9-5-14)34(3,30)31/h12,14H,4-11H2,1-3H3,(H,24,25,26). The Morgan fingerprint density at radius 3 is 2.59 bits per heavy atom. The molecule has 184 valence electrons. The molecule has 5 heterocycles. The molecule has 0 unspecified atom stereocenters. The van der Waals surface area contributed by atoms with E-state index in [2.05, 4.69) is 15.3 Å². The maximum atomic E-state index is 14.9. The SMILES string of the molecule is Cc1c(-c2nc(NC3CCN(S(C)(=O)=O)CC3)ncc2F)sc2c1C(=O)N(C)C21CCOCC1. The van der Waals surface area contributed by atoms with Crippen molar-refractivity contribution in [3.63, 3.8) is 0 Å². The summed E-state index contributed by atoms with van der Waals surface area (Å²) in [5.41, 5.74) is 1.17. The molecule has 0 bridgehead atoms. The van der Waals surface area contributed by atoms with Crippen LogP contribution >= 0.6 is 11.3 Å². The molecule has 34 heavy (non-hydrogen) atoms. The Morgan fingerprint density at radius 1 is 1.26 bits per heavy atom. The second kappa shape index (κ2) is 8.51. The van der Waals surface area contributed by atoms with E-state index in [1.165, 1.54) is 21.9 Å². The molecule has 0 aliphatic carbocycles. The number of carbonyl (C=O) groups is 1. The van der Waals surface area contributed by atoms with Gasteiger partial charge < -0.3 is 15.0 Å². The van der Waals surface area contributed by atoms with Gasteiger partial charge in [0.2, 0.25) is 16.0 Å². The Labute approximate surface area is 202 Å². The molecule has 12 heteroatoms. The number of ether oxygens (including phenoxy) is 1. The summed E-state index contributed by atoms with van der Waals surface area (Å²) in [6, 6.07) is -0.00788. The highest BCUT2D eigenvalue weighted by atomic mass is 32.2. The molecule has 1 spiro atoms. The predicted octanol–water partition coefficient (Wildman–Crippen LogP) is 2.58. The monoisotopic (exact) mass is 509 g/mol. The first kappa shape index (κ1) is 23.6. The van der Waals surface area contributed by atoms with Crippen LogP contribution < -0.4 is 5.32 Å². The number of anilines is 1. The van der Waals surface area contributed by atoms with Gasteiger partial charge in [-0.3, -0.25) is 4.79 Å². The molecule has 1 N–H and O–H groups in total. The number of aromatic nitrogens is 2. The molecule has 9 nitrogen and oxygen atoms in total. The van der Waals surface area contributed by atoms with E-state index in [1.54, 1.807) is 0 Å². The van der Waals surface area contributed by atoms with Crippen LogP contribution in [0.1, 0.15) is 46.5 Å². The zero-order valence-electron chi connectivity index (χ0n) is 19.4. The van der Waals surface area contributed by atoms with Crippen LogP contribution in [0.25, 0.3) is 10.6 Å². The van der Waals surface area contributed by atoms with E-state index in [9.17, 15) is 17.6 Å². The average molecular weight is 510 g/mol. The quantitative estimate of drug-likeness (QED) is 0.676. The van der Waals surface area contributed by atoms with Crippen molar-refractivity contribution in [3.8, 4) is 10.6 Å². The van der Waals surface area contributed by atoms with Gasteiger partial charge in [-0.25, -0.2) is 27.1 Å². The molecule has 0 saturated carbocycles. The summed E-state index contributed by atoms with van der Waals surface area (Å²) in [7, 11) is -1.37. The number of nitrogens with zero attached hydrogens (tertiary/aromatic N) is 4. The largest absolute Gasteiger partial charge is 0.381 e. The van der Waals surface area contributed by atoms with Gasteiger partial charge in [-0.05, 0) is 38.2 Å². The summed E-state index contributed by atoms with van der Waals surface area (Å²) in [5.74, 6) is -0.281. The summed E-state index contributed by atoms with van der Waals surface area (Å²) >= 11 is 1.44. The van der Waals surface area contributed by atoms with Crippen molar-refractivity contribution in [1.29, 1.82) is 0 Å². The van der Waals surface area contributed by atoms with Gasteiger partial charge >= 0.3 is 0 Å². The summed E-state index contributed by atoms with van der Waals surface area (Å²) in [6.07, 6.45) is 5.02. The van der Waals surface area contributed by atoms with Crippen LogP contribution in [0.5, 0.6) is 0 Å². The third kappa shape index (κ3) is 3.80. The van der Waals surface area contributed by atoms with Gasteiger partial charge in [0.05, 0.1) is 28.4 Å². The van der Waals surface area contributed by atoms with Crippen molar-refractivity contribution in [2.24, 2.45) is 0 Å². The van der Waals surface area contributed by atoms with E-state index in [0.29, 0.717) is 68.4 Å². The van der Waals surface area contributed by atoms with E-state index in [4.69, 9.17) is 4.74 Å². The Balaban J connectivity index is 1.43. The van der Waals surface area contributed by atoms with E-state index >= 15 is 0 Å². The highest BCUT2D eigenvalue weighted by molar-refractivity contribution is 7.88. The molecule has 2 aromatic rings. The van der Waals surface area contributed by atoms with Crippen molar-refractivity contribution in [2.45, 2.75) is 44.2 Å². The van der Waals surface area contributed by atoms with Gasteiger partial charge in [-0.15, -0.1) is 11.3 Å². The van der Waals surface area contributed by atoms with E-state index in [0.717, 1.165) is 16.6 Å². The number of thiophene rings is 1. The second-order valence-corrected chi connectivity index (χ2v) is 12.2. The number of halogens is 1. The number of sulfonamides is 1. The van der Waals surface area contributed by atoms with Gasteiger partial charge in [0.1, 0.15) is 5.69 Å². The Hall–Kier alpha value is -2.15. The highest BCUT2D eigenvalue weighted by Crippen LogP contribution is 2.52. The van der Waals surface area contributed by atoms with Gasteiger partial charge in [0, 0.05) is 44.3 Å². The zero-order valence-corrected chi connectivity index (χ0v) is 21.1. The average Bonchev–Trinajstić information content (AvgIpc) is 3.25. The van der Waals surface area contributed by atoms with Crippen molar-refractivity contribution in [1.82, 2.24) is 19.2 Å². The number of hydrogen-bond donors (Lipinski definition) is 1. The maximum absolute atomic E-state index is 14.9. The summed E-state index contributed by atoms with van der Waals surface area (Å²) < 4.78 is 45.4. The van der Waals surface area contributed by atoms with Gasteiger partial charge in [0.25, 0.3) is 5.91 Å². The van der Waals surface area contributed by atoms with Crippen LogP contribution in [0.15, 0.2) is 6.20 Å². The fourth-order valence-electron chi connectivity index (χ4n) is 5.22. The minimum Gasteiger partial charge on any atom is -0.381 e. The lowest BCUT2D eigenvalue weighted by Crippen LogP contribution is -2.45. The normalized spacial score (nSPS) is 21.3. The third-order valence-electron chi connectivity index (χ3n) is 7.27. The fourth-order valence-corrected chi connectivity index (χ4v) is 7.67. The first-order chi connectivity index (χ1) is 16.1. The van der Waals surface area contributed by atoms with Crippen molar-refractivity contribution < 1.29 is 22.3 Å². The molecule has 0 aromatic carbocycles. The highest BCUT2D eigenvalue weighted by Gasteiger charge is 2.51. The Bertz CT molecular complexity index is 1230. The van der Waals surface area contributed by atoms with Crippen molar-refractivity contribution in [2.75, 3.05) is 44.9 Å². The molecular weight excluding hydrogens is 481 g/mol. The van der Waals surface area contributed by atoms with Crippen LogP contribution in [0.4, 0.5) is 10.3 Å². The molecular formula is C22H28FN5O4S2. The lowest BCUT2D eigenvalue weighted by Gasteiger charge is -2.39. The van der Waals surface area contributed by atoms with Gasteiger partial charge in [-0.1, -0.05) is 0 Å². The maximum Gasteiger partial charge on any atom is 0.255 e. The Kier molecular flexibility index (Phi) is 5.90. The molecule has 0 radical (unpaired) electrons. The number of carbonyl (C=O) groups excluding carboxylic acids is 1. The van der Waals surface area contributed by atoms with Crippen molar-refractivity contribution in [3.05, 3.63) is 28.0 Å². The zero-order chi connectivity index (χ0) is 24.3. The smallest absolute Gasteiger partial charge is 0.255 e. The van der Waals surface area contributed by atoms with Crippen LogP contribution in [-0.2, 0) is 20.3 Å². The number of amides is 1. The van der Waals surface area contributed by atoms with Gasteiger partial charge in [0.15, 0.2) is 5.82 Å². The number of nitrogens with one attached hydrogen (secondary N) is 1. The topological polar surface area (TPSA) is 105 Å². The van der Waals surface area contributed by atoms with E-state index in [-0.39, 0.29) is 17.6 Å². The van der Waals surface area contributed by atoms with E-state index < -0.39 is 21.4 Å². The third-order valence-corrected chi connectivity index (χ3v) is 10.1. The molecule has 5 rings (SSSR count). The molecule has 2 aromatic heterocycles. The predicted molar refractivity (Wildman–Crippen MR) is 127 cm³/mol. The van der Waals surface area contributed by atoms with Crippen molar-refractivity contribution >= 4 is 33.2 Å². The van der Waals surface area contributed by atoms with Crippen LogP contribution in [-0.4, -0.2) is 79.1 Å². The summed E-state index contributed by atoms with van der Waals surface area (Å²) in [6.45, 7) is 3.85. The minimum atomic E-state index is -3.21. The Morgan fingerprint density at radius 2 is 1.94 bits per heavy atom. The molecule has 1 amide bonds. The summed E-state index contributed by atoms with van der Waals surface area (Å²) in [4.78, 5) is 25.2. The molecule has 2 saturated heterocycles. The van der Waals surface area contributed by atoms with Crippen LogP contribution in [0.3, 0.4) is 0 Å². The molecule has 3 aliphatic heterocycles. The number of rotatable bonds is 4. The summed E-state index contributed by atoms with van der Waals surface area (Å²) in [5, 5.41) is 3.23. The molecule has 2 fully saturated rings. The second-order valence-electron chi connectivity index (χ2n) is 9.24. The van der Waals surface area contributed by atoms with E-state index in [1.807, 2.05) is 18.9 Å². The lowest BCUT2D eigenvalue weighted by molar-refractivity contribution is -0.00470. The minimum absolute atomic E-state index is 0.00788. The number of hydrogen-bond acceptors (Lipinski definition) is 8. The lowest BCUT2D eigenvalue weighted by atomic mass is 9.88. The first-order valence-corrected chi connectivity index (χ1v) is 14.0.